The van der Waals surface area contributed by atoms with Crippen LogP contribution in [0, 0.1) is 6.92 Å². The number of nitrogens with one attached hydrogen (secondary N) is 1. The number of hydrogen-bond acceptors (Lipinski definition) is 5. The number of aryl methyl sites for hydroxylation is 1. The first-order chi connectivity index (χ1) is 13.1. The number of thiocarbonyl (C=S) groups is 1. The summed E-state index contributed by atoms with van der Waals surface area (Å²) in [5, 5.41) is 2.02. The van der Waals surface area contributed by atoms with Gasteiger partial charge in [0.15, 0.2) is 11.0 Å². The van der Waals surface area contributed by atoms with Crippen molar-refractivity contribution < 1.29 is 9.69 Å². The zero-order valence-corrected chi connectivity index (χ0v) is 17.6. The van der Waals surface area contributed by atoms with E-state index in [1.165, 1.54) is 27.9 Å². The van der Waals surface area contributed by atoms with E-state index in [4.69, 9.17) is 12.2 Å². The number of thiophene rings is 1. The maximum atomic E-state index is 12.8. The topological polar surface area (TPSA) is 28.0 Å². The van der Waals surface area contributed by atoms with Crippen LogP contribution in [0.4, 0.5) is 5.69 Å². The van der Waals surface area contributed by atoms with Gasteiger partial charge in [0.25, 0.3) is 5.91 Å². The van der Waals surface area contributed by atoms with Crippen molar-refractivity contribution in [3.05, 3.63) is 57.1 Å². The molecule has 0 radical (unpaired) electrons. The normalized spacial score (nSPS) is 20.1. The Hall–Kier alpha value is -1.67. The quantitative estimate of drug-likeness (QED) is 0.613. The Balaban J connectivity index is 1.36. The van der Waals surface area contributed by atoms with Crippen molar-refractivity contribution in [1.82, 2.24) is 4.90 Å². The first kappa shape index (κ1) is 18.7. The molecule has 3 heterocycles. The van der Waals surface area contributed by atoms with Gasteiger partial charge in [-0.3, -0.25) is 4.79 Å². The SMILES string of the molecule is Cc1cccc(N2CC[NH+](CN3C(=O)/C(=C\c4cccs4)SC3=S)CC2)c1. The molecule has 1 aromatic heterocycles. The van der Waals surface area contributed by atoms with Crippen LogP contribution in [0.2, 0.25) is 0 Å². The fourth-order valence-corrected chi connectivity index (χ4v) is 5.40. The molecule has 140 valence electrons. The molecule has 7 heteroatoms. The Labute approximate surface area is 173 Å². The van der Waals surface area contributed by atoms with Gasteiger partial charge in [-0.05, 0) is 42.1 Å². The third kappa shape index (κ3) is 4.27. The van der Waals surface area contributed by atoms with Crippen molar-refractivity contribution in [1.29, 1.82) is 0 Å². The molecule has 1 amide bonds. The molecule has 0 bridgehead atoms. The summed E-state index contributed by atoms with van der Waals surface area (Å²) < 4.78 is 0.677. The highest BCUT2D eigenvalue weighted by atomic mass is 32.2. The molecule has 0 atom stereocenters. The predicted molar refractivity (Wildman–Crippen MR) is 118 cm³/mol. The fourth-order valence-electron chi connectivity index (χ4n) is 3.43. The molecule has 2 saturated heterocycles. The number of amides is 1. The number of quaternary nitrogens is 1. The predicted octanol–water partition coefficient (Wildman–Crippen LogP) is 2.62. The van der Waals surface area contributed by atoms with E-state index in [1.807, 2.05) is 23.6 Å². The zero-order chi connectivity index (χ0) is 18.8. The molecule has 0 aliphatic carbocycles. The highest BCUT2D eigenvalue weighted by molar-refractivity contribution is 8.26. The second-order valence-corrected chi connectivity index (χ2v) is 9.51. The molecule has 2 aromatic rings. The molecule has 2 aliphatic heterocycles. The summed E-state index contributed by atoms with van der Waals surface area (Å²) in [6.07, 6.45) is 1.95. The van der Waals surface area contributed by atoms with Crippen LogP contribution in [-0.2, 0) is 4.79 Å². The number of rotatable bonds is 4. The van der Waals surface area contributed by atoms with Crippen molar-refractivity contribution in [2.75, 3.05) is 37.7 Å². The number of benzene rings is 1. The molecule has 2 fully saturated rings. The van der Waals surface area contributed by atoms with Gasteiger partial charge in [-0.1, -0.05) is 42.2 Å². The Morgan fingerprint density at radius 2 is 2.04 bits per heavy atom. The van der Waals surface area contributed by atoms with Crippen LogP contribution in [0.1, 0.15) is 10.4 Å². The standard InChI is InChI=1S/C20H21N3OS3/c1-15-4-2-5-16(12-15)22-9-7-21(8-10-22)14-23-19(24)18(27-20(23)25)13-17-6-3-11-26-17/h2-6,11-13H,7-10,14H2,1H3/p+1/b18-13+. The van der Waals surface area contributed by atoms with Gasteiger partial charge in [-0.2, -0.15) is 0 Å². The summed E-state index contributed by atoms with van der Waals surface area (Å²) in [4.78, 5) is 20.2. The Morgan fingerprint density at radius 3 is 2.74 bits per heavy atom. The summed E-state index contributed by atoms with van der Waals surface area (Å²) >= 11 is 8.53. The minimum absolute atomic E-state index is 0.0482. The van der Waals surface area contributed by atoms with E-state index in [-0.39, 0.29) is 5.91 Å². The van der Waals surface area contributed by atoms with Gasteiger partial charge >= 0.3 is 0 Å². The number of thioether (sulfide) groups is 1. The first-order valence-electron chi connectivity index (χ1n) is 9.04. The number of piperazine rings is 1. The van der Waals surface area contributed by atoms with E-state index < -0.39 is 0 Å². The second kappa shape index (κ2) is 8.14. The van der Waals surface area contributed by atoms with E-state index in [2.05, 4.69) is 36.1 Å². The van der Waals surface area contributed by atoms with Crippen molar-refractivity contribution in [3.8, 4) is 0 Å². The first-order valence-corrected chi connectivity index (χ1v) is 11.1. The van der Waals surface area contributed by atoms with E-state index >= 15 is 0 Å². The van der Waals surface area contributed by atoms with E-state index in [1.54, 1.807) is 16.2 Å². The van der Waals surface area contributed by atoms with Gasteiger partial charge in [0.1, 0.15) is 0 Å². The molecule has 1 N–H and O–H groups in total. The minimum atomic E-state index is 0.0482. The molecular weight excluding hydrogens is 394 g/mol. The Morgan fingerprint density at radius 1 is 1.22 bits per heavy atom. The van der Waals surface area contributed by atoms with Crippen LogP contribution < -0.4 is 9.80 Å². The minimum Gasteiger partial charge on any atom is -0.360 e. The summed E-state index contributed by atoms with van der Waals surface area (Å²) in [7, 11) is 0. The van der Waals surface area contributed by atoms with Crippen LogP contribution in [0.15, 0.2) is 46.7 Å². The molecule has 4 nitrogen and oxygen atoms in total. The number of anilines is 1. The zero-order valence-electron chi connectivity index (χ0n) is 15.2. The third-order valence-corrected chi connectivity index (χ3v) is 7.11. The van der Waals surface area contributed by atoms with Crippen LogP contribution in [0.25, 0.3) is 6.08 Å². The highest BCUT2D eigenvalue weighted by Crippen LogP contribution is 2.32. The van der Waals surface area contributed by atoms with Gasteiger partial charge in [-0.25, -0.2) is 4.90 Å². The molecule has 1 aromatic carbocycles. The van der Waals surface area contributed by atoms with Crippen LogP contribution in [0.3, 0.4) is 0 Å². The lowest BCUT2D eigenvalue weighted by atomic mass is 10.2. The van der Waals surface area contributed by atoms with Crippen LogP contribution in [-0.4, -0.2) is 48.0 Å². The number of nitrogens with zero attached hydrogens (tertiary/aromatic N) is 2. The lowest BCUT2D eigenvalue weighted by molar-refractivity contribution is -0.907. The highest BCUT2D eigenvalue weighted by Gasteiger charge is 2.35. The van der Waals surface area contributed by atoms with Crippen LogP contribution >= 0.6 is 35.3 Å². The van der Waals surface area contributed by atoms with E-state index in [0.717, 1.165) is 36.0 Å². The molecule has 4 rings (SSSR count). The maximum Gasteiger partial charge on any atom is 0.270 e. The Bertz CT molecular complexity index is 870. The average molecular weight is 417 g/mol. The van der Waals surface area contributed by atoms with Gasteiger partial charge in [-0.15, -0.1) is 11.3 Å². The van der Waals surface area contributed by atoms with Gasteiger partial charge in [0.05, 0.1) is 31.1 Å². The number of carbonyl (C=O) groups excluding carboxylic acids is 1. The molecule has 0 spiro atoms. The third-order valence-electron chi connectivity index (χ3n) is 4.91. The Kier molecular flexibility index (Phi) is 5.63. The van der Waals surface area contributed by atoms with Crippen molar-refractivity contribution in [3.63, 3.8) is 0 Å². The van der Waals surface area contributed by atoms with Gasteiger partial charge < -0.3 is 9.80 Å². The van der Waals surface area contributed by atoms with Crippen molar-refractivity contribution >= 4 is 57.3 Å². The van der Waals surface area contributed by atoms with Crippen LogP contribution in [0.5, 0.6) is 0 Å². The maximum absolute atomic E-state index is 12.8. The van der Waals surface area contributed by atoms with Gasteiger partial charge in [0.2, 0.25) is 0 Å². The summed E-state index contributed by atoms with van der Waals surface area (Å²) in [5.74, 6) is 0.0482. The summed E-state index contributed by atoms with van der Waals surface area (Å²) in [5.41, 5.74) is 2.58. The smallest absolute Gasteiger partial charge is 0.270 e. The summed E-state index contributed by atoms with van der Waals surface area (Å²) in [6, 6.07) is 12.7. The molecule has 0 unspecified atom stereocenters. The molecule has 0 saturated carbocycles. The monoisotopic (exact) mass is 416 g/mol. The lowest BCUT2D eigenvalue weighted by Crippen LogP contribution is -3.16. The van der Waals surface area contributed by atoms with Gasteiger partial charge in [0, 0.05) is 10.6 Å². The fraction of sp³-hybridized carbons (Fsp3) is 0.300. The second-order valence-electron chi connectivity index (χ2n) is 6.86. The molecular formula is C20H22N3OS3+. The average Bonchev–Trinajstić information content (AvgIpc) is 3.27. The molecule has 2 aliphatic rings. The van der Waals surface area contributed by atoms with E-state index in [0.29, 0.717) is 11.0 Å². The summed E-state index contributed by atoms with van der Waals surface area (Å²) in [6.45, 7) is 6.80. The molecule has 27 heavy (non-hydrogen) atoms. The lowest BCUT2D eigenvalue weighted by Gasteiger charge is -2.35. The largest absolute Gasteiger partial charge is 0.360 e. The van der Waals surface area contributed by atoms with Crippen molar-refractivity contribution in [2.45, 2.75) is 6.92 Å². The van der Waals surface area contributed by atoms with E-state index in [9.17, 15) is 4.79 Å². The number of hydrogen-bond donors (Lipinski definition) is 1. The number of carbonyl (C=O) groups is 1. The van der Waals surface area contributed by atoms with Crippen molar-refractivity contribution in [2.24, 2.45) is 0 Å².